The van der Waals surface area contributed by atoms with E-state index in [0.29, 0.717) is 6.10 Å². The second kappa shape index (κ2) is 7.65. The van der Waals surface area contributed by atoms with Gasteiger partial charge in [-0.15, -0.1) is 0 Å². The van der Waals surface area contributed by atoms with E-state index in [9.17, 15) is 0 Å². The third kappa shape index (κ3) is 5.55. The van der Waals surface area contributed by atoms with Gasteiger partial charge in [-0.3, -0.25) is 0 Å². The van der Waals surface area contributed by atoms with E-state index in [1.54, 1.807) is 0 Å². The van der Waals surface area contributed by atoms with E-state index in [1.165, 1.54) is 25.0 Å². The molecule has 1 heterocycles. The zero-order valence-electron chi connectivity index (χ0n) is 8.55. The summed E-state index contributed by atoms with van der Waals surface area (Å²) >= 11 is 2.03. The van der Waals surface area contributed by atoms with Crippen LogP contribution in [0.3, 0.4) is 0 Å². The zero-order chi connectivity index (χ0) is 9.36. The Morgan fingerprint density at radius 1 is 1.46 bits per heavy atom. The van der Waals surface area contributed by atoms with Crippen molar-refractivity contribution < 1.29 is 4.74 Å². The second-order valence-corrected chi connectivity index (χ2v) is 4.63. The SMILES string of the molecule is CCCCCSCC1CNCCO1. The molecule has 1 rings (SSSR count). The van der Waals surface area contributed by atoms with Crippen LogP contribution in [0.5, 0.6) is 0 Å². The first-order valence-electron chi connectivity index (χ1n) is 5.33. The van der Waals surface area contributed by atoms with Gasteiger partial charge < -0.3 is 10.1 Å². The molecule has 0 aromatic rings. The number of ether oxygens (including phenoxy) is 1. The van der Waals surface area contributed by atoms with Gasteiger partial charge in [-0.25, -0.2) is 0 Å². The summed E-state index contributed by atoms with van der Waals surface area (Å²) in [5.41, 5.74) is 0. The zero-order valence-corrected chi connectivity index (χ0v) is 9.37. The molecule has 1 saturated heterocycles. The van der Waals surface area contributed by atoms with E-state index in [4.69, 9.17) is 4.74 Å². The van der Waals surface area contributed by atoms with Crippen LogP contribution in [0.15, 0.2) is 0 Å². The summed E-state index contributed by atoms with van der Waals surface area (Å²) in [5.74, 6) is 2.46. The first kappa shape index (κ1) is 11.3. The standard InChI is InChI=1S/C10H21NOS/c1-2-3-4-7-13-9-10-8-11-5-6-12-10/h10-11H,2-9H2,1H3. The summed E-state index contributed by atoms with van der Waals surface area (Å²) in [5, 5.41) is 3.35. The Labute approximate surface area is 85.8 Å². The van der Waals surface area contributed by atoms with Crippen LogP contribution in [0.4, 0.5) is 0 Å². The Morgan fingerprint density at radius 3 is 3.08 bits per heavy atom. The summed E-state index contributed by atoms with van der Waals surface area (Å²) in [6.45, 7) is 5.21. The molecule has 1 unspecified atom stereocenters. The molecule has 0 amide bonds. The normalized spacial score (nSPS) is 23.3. The van der Waals surface area contributed by atoms with Crippen molar-refractivity contribution >= 4 is 11.8 Å². The average molecular weight is 203 g/mol. The molecule has 0 spiro atoms. The Bertz CT molecular complexity index is 115. The highest BCUT2D eigenvalue weighted by Crippen LogP contribution is 2.10. The molecule has 13 heavy (non-hydrogen) atoms. The highest BCUT2D eigenvalue weighted by Gasteiger charge is 2.12. The molecule has 0 bridgehead atoms. The van der Waals surface area contributed by atoms with E-state index < -0.39 is 0 Å². The molecule has 1 atom stereocenters. The lowest BCUT2D eigenvalue weighted by atomic mass is 10.3. The lowest BCUT2D eigenvalue weighted by Gasteiger charge is -2.23. The first-order chi connectivity index (χ1) is 6.43. The third-order valence-corrected chi connectivity index (χ3v) is 3.39. The van der Waals surface area contributed by atoms with Crippen molar-refractivity contribution in [1.29, 1.82) is 0 Å². The maximum absolute atomic E-state index is 5.60. The van der Waals surface area contributed by atoms with Crippen LogP contribution in [-0.2, 0) is 4.74 Å². The molecular formula is C10H21NOS. The molecule has 0 radical (unpaired) electrons. The summed E-state index contributed by atoms with van der Waals surface area (Å²) in [7, 11) is 0. The highest BCUT2D eigenvalue weighted by atomic mass is 32.2. The quantitative estimate of drug-likeness (QED) is 0.666. The smallest absolute Gasteiger partial charge is 0.0790 e. The van der Waals surface area contributed by atoms with Crippen LogP contribution in [0.1, 0.15) is 26.2 Å². The van der Waals surface area contributed by atoms with Crippen LogP contribution in [0.2, 0.25) is 0 Å². The molecule has 1 aliphatic heterocycles. The fourth-order valence-corrected chi connectivity index (χ4v) is 2.45. The monoisotopic (exact) mass is 203 g/mol. The lowest BCUT2D eigenvalue weighted by molar-refractivity contribution is 0.0441. The summed E-state index contributed by atoms with van der Waals surface area (Å²) in [6, 6.07) is 0. The van der Waals surface area contributed by atoms with Crippen LogP contribution in [0, 0.1) is 0 Å². The number of morpholine rings is 1. The number of thioether (sulfide) groups is 1. The van der Waals surface area contributed by atoms with Gasteiger partial charge in [0.25, 0.3) is 0 Å². The summed E-state index contributed by atoms with van der Waals surface area (Å²) in [6.07, 6.45) is 4.51. The van der Waals surface area contributed by atoms with Gasteiger partial charge in [0.1, 0.15) is 0 Å². The van der Waals surface area contributed by atoms with Gasteiger partial charge in [0, 0.05) is 18.8 Å². The Balaban J connectivity index is 1.86. The third-order valence-electron chi connectivity index (χ3n) is 2.20. The highest BCUT2D eigenvalue weighted by molar-refractivity contribution is 7.99. The molecule has 0 aromatic carbocycles. The largest absolute Gasteiger partial charge is 0.375 e. The van der Waals surface area contributed by atoms with E-state index in [-0.39, 0.29) is 0 Å². The van der Waals surface area contributed by atoms with Crippen molar-refractivity contribution in [2.24, 2.45) is 0 Å². The Morgan fingerprint density at radius 2 is 2.38 bits per heavy atom. The second-order valence-electron chi connectivity index (χ2n) is 3.48. The molecule has 1 fully saturated rings. The summed E-state index contributed by atoms with van der Waals surface area (Å²) < 4.78 is 5.60. The van der Waals surface area contributed by atoms with Gasteiger partial charge in [0.15, 0.2) is 0 Å². The van der Waals surface area contributed by atoms with E-state index in [2.05, 4.69) is 12.2 Å². The minimum atomic E-state index is 0.459. The van der Waals surface area contributed by atoms with Gasteiger partial charge in [0.05, 0.1) is 12.7 Å². The van der Waals surface area contributed by atoms with Gasteiger partial charge in [0.2, 0.25) is 0 Å². The van der Waals surface area contributed by atoms with E-state index in [1.807, 2.05) is 11.8 Å². The maximum Gasteiger partial charge on any atom is 0.0790 e. The average Bonchev–Trinajstić information content (AvgIpc) is 2.19. The lowest BCUT2D eigenvalue weighted by Crippen LogP contribution is -2.39. The molecule has 1 aliphatic rings. The molecule has 0 aliphatic carbocycles. The van der Waals surface area contributed by atoms with Gasteiger partial charge in [-0.05, 0) is 12.2 Å². The van der Waals surface area contributed by atoms with Crippen LogP contribution in [0.25, 0.3) is 0 Å². The molecule has 3 heteroatoms. The predicted octanol–water partition coefficient (Wildman–Crippen LogP) is 1.90. The topological polar surface area (TPSA) is 21.3 Å². The molecule has 78 valence electrons. The minimum absolute atomic E-state index is 0.459. The predicted molar refractivity (Wildman–Crippen MR) is 59.5 cm³/mol. The number of unbranched alkanes of at least 4 members (excludes halogenated alkanes) is 2. The number of hydrogen-bond donors (Lipinski definition) is 1. The Hall–Kier alpha value is 0.270. The molecule has 0 aromatic heterocycles. The van der Waals surface area contributed by atoms with Crippen LogP contribution >= 0.6 is 11.8 Å². The van der Waals surface area contributed by atoms with E-state index in [0.717, 1.165) is 25.4 Å². The maximum atomic E-state index is 5.60. The fraction of sp³-hybridized carbons (Fsp3) is 1.00. The van der Waals surface area contributed by atoms with Crippen molar-refractivity contribution in [3.63, 3.8) is 0 Å². The van der Waals surface area contributed by atoms with Crippen molar-refractivity contribution in [3.8, 4) is 0 Å². The molecule has 0 saturated carbocycles. The Kier molecular flexibility index (Phi) is 6.68. The van der Waals surface area contributed by atoms with Crippen molar-refractivity contribution in [2.75, 3.05) is 31.2 Å². The van der Waals surface area contributed by atoms with Gasteiger partial charge in [-0.1, -0.05) is 19.8 Å². The van der Waals surface area contributed by atoms with Crippen molar-refractivity contribution in [3.05, 3.63) is 0 Å². The van der Waals surface area contributed by atoms with Crippen LogP contribution in [-0.4, -0.2) is 37.3 Å². The van der Waals surface area contributed by atoms with Crippen LogP contribution < -0.4 is 5.32 Å². The molecular weight excluding hydrogens is 182 g/mol. The minimum Gasteiger partial charge on any atom is -0.375 e. The van der Waals surface area contributed by atoms with Gasteiger partial charge >= 0.3 is 0 Å². The summed E-state index contributed by atoms with van der Waals surface area (Å²) in [4.78, 5) is 0. The van der Waals surface area contributed by atoms with E-state index >= 15 is 0 Å². The number of hydrogen-bond acceptors (Lipinski definition) is 3. The molecule has 1 N–H and O–H groups in total. The van der Waals surface area contributed by atoms with Crippen molar-refractivity contribution in [1.82, 2.24) is 5.32 Å². The number of nitrogens with one attached hydrogen (secondary N) is 1. The molecule has 2 nitrogen and oxygen atoms in total. The van der Waals surface area contributed by atoms with Gasteiger partial charge in [-0.2, -0.15) is 11.8 Å². The van der Waals surface area contributed by atoms with Crippen molar-refractivity contribution in [2.45, 2.75) is 32.3 Å². The number of rotatable bonds is 6. The first-order valence-corrected chi connectivity index (χ1v) is 6.49. The fourth-order valence-electron chi connectivity index (χ4n) is 1.40.